The second kappa shape index (κ2) is 10.6. The Kier molecular flexibility index (Phi) is 7.85. The fourth-order valence-corrected chi connectivity index (χ4v) is 4.21. The number of nitrogens with one attached hydrogen (secondary N) is 1. The van der Waals surface area contributed by atoms with E-state index in [-0.39, 0.29) is 18.0 Å². The Morgan fingerprint density at radius 2 is 1.81 bits per heavy atom. The summed E-state index contributed by atoms with van der Waals surface area (Å²) in [6.07, 6.45) is 1.47. The van der Waals surface area contributed by atoms with Gasteiger partial charge in [-0.25, -0.2) is 4.39 Å². The van der Waals surface area contributed by atoms with Gasteiger partial charge in [-0.05, 0) is 97.6 Å². The van der Waals surface area contributed by atoms with E-state index in [4.69, 9.17) is 16.3 Å². The van der Waals surface area contributed by atoms with Crippen LogP contribution in [0.4, 0.5) is 10.1 Å². The van der Waals surface area contributed by atoms with Crippen LogP contribution in [0.1, 0.15) is 11.1 Å². The molecule has 0 saturated carbocycles. The lowest BCUT2D eigenvalue weighted by Gasteiger charge is -2.12. The molecule has 156 valence electrons. The Morgan fingerprint density at radius 1 is 1.13 bits per heavy atom. The summed E-state index contributed by atoms with van der Waals surface area (Å²) >= 11 is 12.7. The predicted octanol–water partition coefficient (Wildman–Crippen LogP) is 7.13. The number of ether oxygens (including phenoxy) is 1. The van der Waals surface area contributed by atoms with Crippen molar-refractivity contribution in [2.75, 3.05) is 5.32 Å². The van der Waals surface area contributed by atoms with E-state index in [2.05, 4.69) is 37.2 Å². The molecule has 0 atom stereocenters. The van der Waals surface area contributed by atoms with Gasteiger partial charge in [0.2, 0.25) is 0 Å². The summed E-state index contributed by atoms with van der Waals surface area (Å²) in [7, 11) is 0. The van der Waals surface area contributed by atoms with Crippen LogP contribution in [-0.2, 0) is 11.4 Å². The van der Waals surface area contributed by atoms with Crippen LogP contribution in [-0.4, -0.2) is 5.91 Å². The van der Waals surface area contributed by atoms with Crippen LogP contribution in [0.2, 0.25) is 5.02 Å². The van der Waals surface area contributed by atoms with Crippen LogP contribution >= 0.6 is 43.5 Å². The first-order valence-electron chi connectivity index (χ1n) is 8.90. The number of halogens is 4. The van der Waals surface area contributed by atoms with Gasteiger partial charge in [-0.2, -0.15) is 5.26 Å². The van der Waals surface area contributed by atoms with Gasteiger partial charge in [0, 0.05) is 10.7 Å². The zero-order valence-corrected chi connectivity index (χ0v) is 19.8. The van der Waals surface area contributed by atoms with Gasteiger partial charge in [0.1, 0.15) is 29.8 Å². The first-order chi connectivity index (χ1) is 14.9. The van der Waals surface area contributed by atoms with Gasteiger partial charge in [-0.1, -0.05) is 23.7 Å². The first-order valence-corrected chi connectivity index (χ1v) is 10.9. The van der Waals surface area contributed by atoms with Crippen molar-refractivity contribution in [2.45, 2.75) is 6.61 Å². The van der Waals surface area contributed by atoms with E-state index >= 15 is 0 Å². The van der Waals surface area contributed by atoms with Crippen molar-refractivity contribution in [3.05, 3.63) is 97.1 Å². The molecular weight excluding hydrogens is 551 g/mol. The lowest BCUT2D eigenvalue weighted by atomic mass is 10.1. The van der Waals surface area contributed by atoms with Crippen molar-refractivity contribution in [3.63, 3.8) is 0 Å². The molecule has 31 heavy (non-hydrogen) atoms. The number of anilines is 1. The number of benzene rings is 3. The lowest BCUT2D eigenvalue weighted by Crippen LogP contribution is -2.13. The maximum absolute atomic E-state index is 13.3. The zero-order chi connectivity index (χ0) is 22.4. The fraction of sp³-hybridized carbons (Fsp3) is 0.0435. The topological polar surface area (TPSA) is 62.1 Å². The number of rotatable bonds is 6. The number of nitriles is 1. The molecule has 0 unspecified atom stereocenters. The van der Waals surface area contributed by atoms with Gasteiger partial charge >= 0.3 is 0 Å². The molecule has 0 spiro atoms. The monoisotopic (exact) mass is 562 g/mol. The van der Waals surface area contributed by atoms with Crippen molar-refractivity contribution in [3.8, 4) is 11.8 Å². The van der Waals surface area contributed by atoms with E-state index in [1.54, 1.807) is 48.5 Å². The summed E-state index contributed by atoms with van der Waals surface area (Å²) in [6.45, 7) is 0.178. The van der Waals surface area contributed by atoms with Gasteiger partial charge in [0.05, 0.1) is 8.95 Å². The molecule has 1 amide bonds. The highest BCUT2D eigenvalue weighted by Gasteiger charge is 2.13. The number of carbonyl (C=O) groups is 1. The van der Waals surface area contributed by atoms with Gasteiger partial charge < -0.3 is 10.1 Å². The Balaban J connectivity index is 1.76. The predicted molar refractivity (Wildman–Crippen MR) is 126 cm³/mol. The van der Waals surface area contributed by atoms with Crippen LogP contribution < -0.4 is 10.1 Å². The molecule has 4 nitrogen and oxygen atoms in total. The Morgan fingerprint density at radius 3 is 2.42 bits per heavy atom. The number of hydrogen-bond donors (Lipinski definition) is 1. The SMILES string of the molecule is N#C/C(=C/c1cc(Br)c(OCc2cccc(F)c2)c(Br)c1)C(=O)Nc1ccc(Cl)cc1. The third-order valence-corrected chi connectivity index (χ3v) is 5.50. The number of carbonyl (C=O) groups excluding carboxylic acids is 1. The lowest BCUT2D eigenvalue weighted by molar-refractivity contribution is -0.112. The second-order valence-electron chi connectivity index (χ2n) is 6.36. The minimum atomic E-state index is -0.538. The molecule has 3 rings (SSSR count). The largest absolute Gasteiger partial charge is 0.487 e. The molecule has 0 aromatic heterocycles. The maximum Gasteiger partial charge on any atom is 0.266 e. The molecule has 0 heterocycles. The number of nitrogens with zero attached hydrogens (tertiary/aromatic N) is 1. The average molecular weight is 565 g/mol. The molecule has 0 aliphatic heterocycles. The average Bonchev–Trinajstić information content (AvgIpc) is 2.73. The van der Waals surface area contributed by atoms with Crippen molar-refractivity contribution in [1.29, 1.82) is 5.26 Å². The normalized spacial score (nSPS) is 11.0. The van der Waals surface area contributed by atoms with Crippen LogP contribution in [0.25, 0.3) is 6.08 Å². The summed E-state index contributed by atoms with van der Waals surface area (Å²) in [5.74, 6) is -0.352. The summed E-state index contributed by atoms with van der Waals surface area (Å²) in [5, 5.41) is 12.6. The molecule has 3 aromatic rings. The molecule has 3 aromatic carbocycles. The van der Waals surface area contributed by atoms with Crippen LogP contribution in [0.5, 0.6) is 5.75 Å². The van der Waals surface area contributed by atoms with Crippen molar-refractivity contribution in [1.82, 2.24) is 0 Å². The minimum Gasteiger partial charge on any atom is -0.487 e. The number of amides is 1. The van der Waals surface area contributed by atoms with Gasteiger partial charge in [0.15, 0.2) is 0 Å². The van der Waals surface area contributed by atoms with E-state index in [1.165, 1.54) is 18.2 Å². The van der Waals surface area contributed by atoms with Crippen molar-refractivity contribution >= 4 is 61.1 Å². The molecule has 8 heteroatoms. The summed E-state index contributed by atoms with van der Waals surface area (Å²) < 4.78 is 20.4. The second-order valence-corrected chi connectivity index (χ2v) is 8.51. The third kappa shape index (κ3) is 6.41. The highest BCUT2D eigenvalue weighted by Crippen LogP contribution is 2.36. The molecule has 0 radical (unpaired) electrons. The molecular formula is C23H14Br2ClFN2O2. The van der Waals surface area contributed by atoms with Gasteiger partial charge in [-0.15, -0.1) is 0 Å². The summed E-state index contributed by atoms with van der Waals surface area (Å²) in [6, 6.07) is 18.1. The van der Waals surface area contributed by atoms with E-state index in [0.717, 1.165) is 0 Å². The van der Waals surface area contributed by atoms with Crippen LogP contribution in [0.3, 0.4) is 0 Å². The number of hydrogen-bond acceptors (Lipinski definition) is 3. The van der Waals surface area contributed by atoms with Crippen molar-refractivity contribution in [2.24, 2.45) is 0 Å². The molecule has 1 N–H and O–H groups in total. The fourth-order valence-electron chi connectivity index (χ4n) is 2.63. The summed E-state index contributed by atoms with van der Waals surface area (Å²) in [4.78, 5) is 12.4. The van der Waals surface area contributed by atoms with Gasteiger partial charge in [0.25, 0.3) is 5.91 Å². The van der Waals surface area contributed by atoms with E-state index in [1.807, 2.05) is 6.07 Å². The Bertz CT molecular complexity index is 1170. The quantitative estimate of drug-likeness (QED) is 0.256. The molecule has 0 saturated heterocycles. The molecule has 0 fully saturated rings. The maximum atomic E-state index is 13.3. The van der Waals surface area contributed by atoms with Crippen molar-refractivity contribution < 1.29 is 13.9 Å². The van der Waals surface area contributed by atoms with Gasteiger partial charge in [-0.3, -0.25) is 4.79 Å². The van der Waals surface area contributed by atoms with Crippen LogP contribution in [0, 0.1) is 17.1 Å². The highest BCUT2D eigenvalue weighted by molar-refractivity contribution is 9.11. The van der Waals surface area contributed by atoms with E-state index < -0.39 is 5.91 Å². The Hall–Kier alpha value is -2.66. The standard InChI is InChI=1S/C23H14Br2ClFN2O2/c24-20-10-15(8-16(12-28)23(30)29-19-6-4-17(26)5-7-19)11-21(25)22(20)31-13-14-2-1-3-18(27)9-14/h1-11H,13H2,(H,29,30)/b16-8-. The first kappa shape index (κ1) is 23.0. The van der Waals surface area contributed by atoms with E-state index in [9.17, 15) is 14.4 Å². The van der Waals surface area contributed by atoms with Crippen LogP contribution in [0.15, 0.2) is 75.2 Å². The minimum absolute atomic E-state index is 0.0674. The molecule has 0 aliphatic carbocycles. The van der Waals surface area contributed by atoms with E-state index in [0.29, 0.717) is 36.5 Å². The zero-order valence-electron chi connectivity index (χ0n) is 15.8. The highest BCUT2D eigenvalue weighted by atomic mass is 79.9. The smallest absolute Gasteiger partial charge is 0.266 e. The summed E-state index contributed by atoms with van der Waals surface area (Å²) in [5.41, 5.74) is 1.76. The third-order valence-electron chi connectivity index (χ3n) is 4.07. The molecule has 0 aliphatic rings. The Labute approximate surface area is 200 Å². The molecule has 0 bridgehead atoms.